The topological polar surface area (TPSA) is 107 Å². The number of hydrogen-bond acceptors (Lipinski definition) is 4. The van der Waals surface area contributed by atoms with Gasteiger partial charge in [-0.2, -0.15) is 13.2 Å². The highest BCUT2D eigenvalue weighted by atomic mass is 19.4. The van der Waals surface area contributed by atoms with Crippen LogP contribution in [0.1, 0.15) is 46.0 Å². The number of carboxylic acids is 2. The molecule has 0 radical (unpaired) electrons. The monoisotopic (exact) mass is 466 g/mol. The van der Waals surface area contributed by atoms with Crippen molar-refractivity contribution >= 4 is 29.2 Å². The summed E-state index contributed by atoms with van der Waals surface area (Å²) in [4.78, 5) is 35.2. The van der Waals surface area contributed by atoms with Crippen LogP contribution < -0.4 is 10.2 Å². The van der Waals surface area contributed by atoms with Gasteiger partial charge in [-0.3, -0.25) is 4.79 Å². The van der Waals surface area contributed by atoms with Crippen LogP contribution in [-0.2, 0) is 4.79 Å². The van der Waals surface area contributed by atoms with Gasteiger partial charge in [-0.1, -0.05) is 24.6 Å². The smallest absolute Gasteiger partial charge is 0.478 e. The van der Waals surface area contributed by atoms with E-state index in [2.05, 4.69) is 17.1 Å². The number of hydrogen-bond donors (Lipinski definition) is 3. The number of aliphatic carboxylic acids is 1. The van der Waals surface area contributed by atoms with Crippen molar-refractivity contribution in [2.75, 3.05) is 23.3 Å². The van der Waals surface area contributed by atoms with Gasteiger partial charge in [0, 0.05) is 24.3 Å². The summed E-state index contributed by atoms with van der Waals surface area (Å²) >= 11 is 0. The third kappa shape index (κ3) is 7.51. The van der Waals surface area contributed by atoms with Crippen LogP contribution >= 0.6 is 0 Å². The van der Waals surface area contributed by atoms with Crippen LogP contribution in [0.2, 0.25) is 0 Å². The molecule has 0 unspecified atom stereocenters. The van der Waals surface area contributed by atoms with Crippen LogP contribution in [0.4, 0.5) is 24.5 Å². The first-order chi connectivity index (χ1) is 15.4. The summed E-state index contributed by atoms with van der Waals surface area (Å²) in [5, 5.41) is 19.5. The van der Waals surface area contributed by atoms with E-state index in [1.54, 1.807) is 30.3 Å². The number of alkyl halides is 3. The van der Waals surface area contributed by atoms with Crippen molar-refractivity contribution in [3.05, 3.63) is 59.2 Å². The van der Waals surface area contributed by atoms with E-state index < -0.39 is 18.1 Å². The maximum absolute atomic E-state index is 12.4. The number of carbonyl (C=O) groups is 3. The summed E-state index contributed by atoms with van der Waals surface area (Å²) in [7, 11) is 0. The van der Waals surface area contributed by atoms with Gasteiger partial charge in [0.2, 0.25) is 0 Å². The van der Waals surface area contributed by atoms with Crippen LogP contribution in [-0.4, -0.2) is 47.3 Å². The molecule has 1 aliphatic rings. The molecule has 1 fully saturated rings. The molecule has 2 aromatic rings. The molecule has 0 aliphatic carbocycles. The zero-order chi connectivity index (χ0) is 24.8. The van der Waals surface area contributed by atoms with Crippen molar-refractivity contribution in [3.8, 4) is 0 Å². The predicted molar refractivity (Wildman–Crippen MR) is 117 cm³/mol. The van der Waals surface area contributed by atoms with Crippen molar-refractivity contribution in [1.82, 2.24) is 0 Å². The van der Waals surface area contributed by atoms with Crippen molar-refractivity contribution in [2.45, 2.75) is 32.9 Å². The summed E-state index contributed by atoms with van der Waals surface area (Å²) < 4.78 is 31.7. The van der Waals surface area contributed by atoms with Gasteiger partial charge < -0.3 is 20.4 Å². The molecule has 3 N–H and O–H groups in total. The molecule has 1 aliphatic heterocycles. The third-order valence-electron chi connectivity index (χ3n) is 5.13. The Morgan fingerprint density at radius 1 is 1.03 bits per heavy atom. The second kappa shape index (κ2) is 10.8. The Morgan fingerprint density at radius 2 is 1.64 bits per heavy atom. The quantitative estimate of drug-likeness (QED) is 0.597. The van der Waals surface area contributed by atoms with Crippen molar-refractivity contribution in [2.24, 2.45) is 5.92 Å². The lowest BCUT2D eigenvalue weighted by molar-refractivity contribution is -0.192. The molecule has 178 valence electrons. The van der Waals surface area contributed by atoms with Crippen LogP contribution in [0.15, 0.2) is 42.5 Å². The number of nitrogens with one attached hydrogen (secondary N) is 1. The molecule has 1 saturated heterocycles. The maximum atomic E-state index is 12.4. The van der Waals surface area contributed by atoms with Crippen LogP contribution in [0.3, 0.4) is 0 Å². The van der Waals surface area contributed by atoms with E-state index in [1.807, 2.05) is 19.1 Å². The summed E-state index contributed by atoms with van der Waals surface area (Å²) in [6.07, 6.45) is -2.96. The molecule has 1 amide bonds. The fourth-order valence-electron chi connectivity index (χ4n) is 3.30. The minimum absolute atomic E-state index is 0.224. The number of piperidine rings is 1. The van der Waals surface area contributed by atoms with E-state index in [4.69, 9.17) is 9.90 Å². The molecule has 0 atom stereocenters. The van der Waals surface area contributed by atoms with E-state index in [0.717, 1.165) is 37.2 Å². The van der Waals surface area contributed by atoms with Gasteiger partial charge in [0.1, 0.15) is 0 Å². The minimum atomic E-state index is -5.08. The molecule has 1 heterocycles. The number of carbonyl (C=O) groups excluding carboxylic acids is 1. The summed E-state index contributed by atoms with van der Waals surface area (Å²) in [5.41, 5.74) is 2.98. The van der Waals surface area contributed by atoms with Gasteiger partial charge >= 0.3 is 18.1 Å². The summed E-state index contributed by atoms with van der Waals surface area (Å²) in [5.74, 6) is -3.31. The first kappa shape index (κ1) is 25.7. The highest BCUT2D eigenvalue weighted by molar-refractivity contribution is 6.05. The lowest BCUT2D eigenvalue weighted by Crippen LogP contribution is -2.33. The zero-order valence-electron chi connectivity index (χ0n) is 18.1. The van der Waals surface area contributed by atoms with E-state index in [9.17, 15) is 27.9 Å². The number of nitrogens with zero attached hydrogens (tertiary/aromatic N) is 1. The zero-order valence-corrected chi connectivity index (χ0v) is 18.1. The number of aryl methyl sites for hydroxylation is 1. The number of rotatable bonds is 4. The molecule has 7 nitrogen and oxygen atoms in total. The van der Waals surface area contributed by atoms with Crippen LogP contribution in [0, 0.1) is 12.8 Å². The first-order valence-electron chi connectivity index (χ1n) is 10.2. The molecule has 10 heteroatoms. The normalized spacial score (nSPS) is 14.2. The van der Waals surface area contributed by atoms with Crippen molar-refractivity contribution in [3.63, 3.8) is 0 Å². The molecule has 33 heavy (non-hydrogen) atoms. The average molecular weight is 466 g/mol. The second-order valence-corrected chi connectivity index (χ2v) is 7.83. The molecular formula is C23H25F3N2O5. The molecule has 0 spiro atoms. The molecule has 0 aromatic heterocycles. The number of aromatic carboxylic acids is 1. The molecule has 0 saturated carbocycles. The molecule has 2 aromatic carbocycles. The Morgan fingerprint density at radius 3 is 2.15 bits per heavy atom. The SMILES string of the molecule is Cc1cccc(C(=O)Nc2ccc(N3CCC(C)CC3)c(C(=O)O)c2)c1.O=C(O)C(F)(F)F. The fraction of sp³-hybridized carbons (Fsp3) is 0.348. The fourth-order valence-corrected chi connectivity index (χ4v) is 3.30. The van der Waals surface area contributed by atoms with Crippen LogP contribution in [0.25, 0.3) is 0 Å². The van der Waals surface area contributed by atoms with Crippen molar-refractivity contribution in [1.29, 1.82) is 0 Å². The highest BCUT2D eigenvalue weighted by Crippen LogP contribution is 2.29. The Kier molecular flexibility index (Phi) is 8.44. The number of halogens is 3. The van der Waals surface area contributed by atoms with Gasteiger partial charge in [0.25, 0.3) is 5.91 Å². The molecule has 0 bridgehead atoms. The number of benzene rings is 2. The highest BCUT2D eigenvalue weighted by Gasteiger charge is 2.38. The van der Waals surface area contributed by atoms with E-state index in [1.165, 1.54) is 0 Å². The maximum Gasteiger partial charge on any atom is 0.490 e. The van der Waals surface area contributed by atoms with E-state index >= 15 is 0 Å². The summed E-state index contributed by atoms with van der Waals surface area (Å²) in [6.45, 7) is 5.86. The Labute approximate surface area is 188 Å². The minimum Gasteiger partial charge on any atom is -0.478 e. The number of amides is 1. The predicted octanol–water partition coefficient (Wildman–Crippen LogP) is 4.82. The summed E-state index contributed by atoms with van der Waals surface area (Å²) in [6, 6.07) is 12.4. The van der Waals surface area contributed by atoms with Gasteiger partial charge in [-0.15, -0.1) is 0 Å². The van der Waals surface area contributed by atoms with E-state index in [-0.39, 0.29) is 11.5 Å². The molecule has 3 rings (SSSR count). The number of carboxylic acid groups (broad SMARTS) is 2. The molecular weight excluding hydrogens is 441 g/mol. The largest absolute Gasteiger partial charge is 0.490 e. The standard InChI is InChI=1S/C21H24N2O3.C2HF3O2/c1-14-8-10-23(11-9-14)19-7-6-17(13-18(19)21(25)26)22-20(24)16-5-3-4-15(2)12-16;3-2(4,5)1(6)7/h3-7,12-14H,8-11H2,1-2H3,(H,22,24)(H,25,26);(H,6,7). The first-order valence-corrected chi connectivity index (χ1v) is 10.2. The van der Waals surface area contributed by atoms with Crippen molar-refractivity contribution < 1.29 is 37.8 Å². The Bertz CT molecular complexity index is 1020. The van der Waals surface area contributed by atoms with Gasteiger partial charge in [0.05, 0.1) is 11.3 Å². The van der Waals surface area contributed by atoms with Gasteiger partial charge in [-0.05, 0) is 56.0 Å². The lowest BCUT2D eigenvalue weighted by Gasteiger charge is -2.33. The Balaban J connectivity index is 0.000000479. The average Bonchev–Trinajstić information content (AvgIpc) is 2.74. The Hall–Kier alpha value is -3.56. The second-order valence-electron chi connectivity index (χ2n) is 7.83. The van der Waals surface area contributed by atoms with Crippen LogP contribution in [0.5, 0.6) is 0 Å². The lowest BCUT2D eigenvalue weighted by atomic mass is 9.98. The van der Waals surface area contributed by atoms with Gasteiger partial charge in [-0.25, -0.2) is 9.59 Å². The van der Waals surface area contributed by atoms with Gasteiger partial charge in [0.15, 0.2) is 0 Å². The van der Waals surface area contributed by atoms with E-state index in [0.29, 0.717) is 17.2 Å². The number of anilines is 2. The third-order valence-corrected chi connectivity index (χ3v) is 5.13.